The SMILES string of the molecule is C=C1[C@H](OC(C)=O)[C@@H](OC(=O)c2cccc(C)c2)[C@@H](OC(C)=O)C(C)(C)/C=C/[C@H](C)[C@H](OC(=O)c2ccccc2)[C@@]2(O)C[C@@](C)(OC(C)=O)[C@H](OC(C)=O)[C@@H]2[C@H]1OCC(C)C. The van der Waals surface area contributed by atoms with Gasteiger partial charge in [0, 0.05) is 52.1 Å². The molecular formula is C47H60O14. The van der Waals surface area contributed by atoms with Gasteiger partial charge >= 0.3 is 35.8 Å². The van der Waals surface area contributed by atoms with Crippen LogP contribution in [-0.2, 0) is 52.3 Å². The third-order valence-electron chi connectivity index (χ3n) is 10.9. The summed E-state index contributed by atoms with van der Waals surface area (Å²) in [6.45, 7) is 21.1. The minimum absolute atomic E-state index is 0.0172. The molecule has 14 nitrogen and oxygen atoms in total. The normalized spacial score (nSPS) is 30.3. The lowest BCUT2D eigenvalue weighted by Crippen LogP contribution is -2.60. The minimum Gasteiger partial charge on any atom is -0.458 e. The van der Waals surface area contributed by atoms with Crippen LogP contribution in [0, 0.1) is 30.1 Å². The van der Waals surface area contributed by atoms with Crippen LogP contribution in [0.1, 0.15) is 102 Å². The fourth-order valence-corrected chi connectivity index (χ4v) is 8.45. The quantitative estimate of drug-likeness (QED) is 0.148. The molecule has 1 N–H and O–H groups in total. The molecule has 2 aliphatic carbocycles. The highest BCUT2D eigenvalue weighted by atomic mass is 16.6. The Morgan fingerprint density at radius 1 is 0.738 bits per heavy atom. The maximum absolute atomic E-state index is 14.1. The third kappa shape index (κ3) is 11.5. The first-order valence-corrected chi connectivity index (χ1v) is 20.4. The predicted octanol–water partition coefficient (Wildman–Crippen LogP) is 6.44. The van der Waals surface area contributed by atoms with Gasteiger partial charge < -0.3 is 38.3 Å². The summed E-state index contributed by atoms with van der Waals surface area (Å²) in [7, 11) is 0. The summed E-state index contributed by atoms with van der Waals surface area (Å²) in [5.74, 6) is -7.37. The van der Waals surface area contributed by atoms with Crippen LogP contribution in [-0.4, -0.2) is 95.4 Å². The van der Waals surface area contributed by atoms with E-state index < -0.39 is 107 Å². The molecule has 2 aromatic rings. The van der Waals surface area contributed by atoms with Gasteiger partial charge in [0.1, 0.15) is 23.4 Å². The van der Waals surface area contributed by atoms with Crippen LogP contribution in [0.2, 0.25) is 0 Å². The van der Waals surface area contributed by atoms with Gasteiger partial charge in [-0.3, -0.25) is 19.2 Å². The molecule has 0 spiro atoms. The van der Waals surface area contributed by atoms with Crippen molar-refractivity contribution in [2.24, 2.45) is 23.2 Å². The Kier molecular flexibility index (Phi) is 15.5. The molecule has 14 heteroatoms. The van der Waals surface area contributed by atoms with Gasteiger partial charge in [0.2, 0.25) is 0 Å². The second-order valence-corrected chi connectivity index (χ2v) is 17.4. The Morgan fingerprint density at radius 3 is 1.87 bits per heavy atom. The summed E-state index contributed by atoms with van der Waals surface area (Å²) >= 11 is 0. The van der Waals surface area contributed by atoms with E-state index in [1.54, 1.807) is 88.4 Å². The van der Waals surface area contributed by atoms with Crippen molar-refractivity contribution < 1.29 is 67.0 Å². The Morgan fingerprint density at radius 2 is 1.31 bits per heavy atom. The van der Waals surface area contributed by atoms with Crippen molar-refractivity contribution in [3.8, 4) is 0 Å². The second-order valence-electron chi connectivity index (χ2n) is 17.4. The average Bonchev–Trinajstić information content (AvgIpc) is 3.37. The molecule has 0 unspecified atom stereocenters. The molecule has 0 bridgehead atoms. The Balaban J connectivity index is 2.15. The molecule has 61 heavy (non-hydrogen) atoms. The molecule has 0 saturated heterocycles. The molecule has 1 saturated carbocycles. The fourth-order valence-electron chi connectivity index (χ4n) is 8.45. The first-order chi connectivity index (χ1) is 28.4. The number of fused-ring (bicyclic) bond motifs is 1. The Labute approximate surface area is 357 Å². The summed E-state index contributed by atoms with van der Waals surface area (Å²) in [5.41, 5.74) is -4.37. The van der Waals surface area contributed by atoms with Crippen molar-refractivity contribution in [1.29, 1.82) is 0 Å². The van der Waals surface area contributed by atoms with E-state index in [1.165, 1.54) is 19.9 Å². The number of aliphatic hydroxyl groups is 1. The van der Waals surface area contributed by atoms with Gasteiger partial charge in [-0.1, -0.05) is 89.2 Å². The number of carbonyl (C=O) groups is 6. The van der Waals surface area contributed by atoms with E-state index in [1.807, 2.05) is 13.8 Å². The van der Waals surface area contributed by atoms with Gasteiger partial charge in [0.05, 0.1) is 23.1 Å². The maximum atomic E-state index is 14.1. The van der Waals surface area contributed by atoms with E-state index >= 15 is 0 Å². The van der Waals surface area contributed by atoms with Crippen LogP contribution in [0.15, 0.2) is 78.9 Å². The molecule has 0 aliphatic heterocycles. The molecule has 0 heterocycles. The average molecular weight is 849 g/mol. The predicted molar refractivity (Wildman–Crippen MR) is 222 cm³/mol. The highest BCUT2D eigenvalue weighted by molar-refractivity contribution is 5.90. The van der Waals surface area contributed by atoms with Gasteiger partial charge in [0.15, 0.2) is 18.3 Å². The third-order valence-corrected chi connectivity index (χ3v) is 10.9. The number of ether oxygens (including phenoxy) is 7. The van der Waals surface area contributed by atoms with Crippen LogP contribution in [0.3, 0.4) is 0 Å². The highest BCUT2D eigenvalue weighted by Crippen LogP contribution is 2.54. The van der Waals surface area contributed by atoms with Crippen molar-refractivity contribution >= 4 is 35.8 Å². The van der Waals surface area contributed by atoms with Gasteiger partial charge in [-0.2, -0.15) is 0 Å². The molecule has 4 rings (SSSR count). The zero-order chi connectivity index (χ0) is 45.6. The fraction of sp³-hybridized carbons (Fsp3) is 0.532. The molecule has 0 radical (unpaired) electrons. The minimum atomic E-state index is -2.28. The first kappa shape index (κ1) is 48.3. The van der Waals surface area contributed by atoms with Crippen LogP contribution in [0.4, 0.5) is 0 Å². The smallest absolute Gasteiger partial charge is 0.338 e. The molecule has 332 valence electrons. The lowest BCUT2D eigenvalue weighted by atomic mass is 9.71. The monoisotopic (exact) mass is 848 g/mol. The zero-order valence-corrected chi connectivity index (χ0v) is 36.9. The number of carbonyl (C=O) groups excluding carboxylic acids is 6. The van der Waals surface area contributed by atoms with E-state index in [4.69, 9.17) is 33.2 Å². The molecule has 0 aromatic heterocycles. The van der Waals surface area contributed by atoms with Crippen LogP contribution in [0.5, 0.6) is 0 Å². The lowest BCUT2D eigenvalue weighted by Gasteiger charge is -2.46. The van der Waals surface area contributed by atoms with Crippen LogP contribution < -0.4 is 0 Å². The summed E-state index contributed by atoms with van der Waals surface area (Å²) in [5, 5.41) is 13.6. The topological polar surface area (TPSA) is 187 Å². The number of aryl methyl sites for hydroxylation is 1. The van der Waals surface area contributed by atoms with E-state index in [9.17, 15) is 33.9 Å². The first-order valence-electron chi connectivity index (χ1n) is 20.4. The molecule has 0 amide bonds. The van der Waals surface area contributed by atoms with Crippen molar-refractivity contribution in [2.75, 3.05) is 6.61 Å². The van der Waals surface area contributed by atoms with Crippen molar-refractivity contribution in [3.05, 3.63) is 95.6 Å². The van der Waals surface area contributed by atoms with Crippen LogP contribution in [0.25, 0.3) is 0 Å². The molecule has 2 aromatic carbocycles. The molecule has 1 fully saturated rings. The van der Waals surface area contributed by atoms with E-state index in [2.05, 4.69) is 6.58 Å². The van der Waals surface area contributed by atoms with Crippen molar-refractivity contribution in [3.63, 3.8) is 0 Å². The summed E-state index contributed by atoms with van der Waals surface area (Å²) in [6.07, 6.45) is -6.34. The largest absolute Gasteiger partial charge is 0.458 e. The maximum Gasteiger partial charge on any atom is 0.338 e. The number of esters is 6. The second kappa shape index (κ2) is 19.6. The van der Waals surface area contributed by atoms with E-state index in [-0.39, 0.29) is 29.2 Å². The van der Waals surface area contributed by atoms with Gasteiger partial charge in [-0.25, -0.2) is 9.59 Å². The summed E-state index contributed by atoms with van der Waals surface area (Å²) in [4.78, 5) is 80.4. The Hall–Kier alpha value is -5.34. The number of hydrogen-bond acceptors (Lipinski definition) is 14. The lowest BCUT2D eigenvalue weighted by molar-refractivity contribution is -0.191. The van der Waals surface area contributed by atoms with E-state index in [0.29, 0.717) is 0 Å². The summed E-state index contributed by atoms with van der Waals surface area (Å²) in [6, 6.07) is 14.7. The molecular weight excluding hydrogens is 789 g/mol. The van der Waals surface area contributed by atoms with Gasteiger partial charge in [-0.15, -0.1) is 0 Å². The van der Waals surface area contributed by atoms with E-state index in [0.717, 1.165) is 26.3 Å². The summed E-state index contributed by atoms with van der Waals surface area (Å²) < 4.78 is 43.3. The molecule has 10 atom stereocenters. The standard InChI is InChI=1S/C47H60O14/c1-26(2)24-55-37-29(5)38(56-30(6)48)39(59-44(53)35-20-16-17-27(3)23-35)42(58-32(8)50)45(10,11)22-21-28(4)40(60-43(52)34-18-14-13-15-19-34)47(54)25-46(12,61-33(9)51)41(36(37)47)57-31(7)49/h13-23,26,28,36-42,54H,5,24-25H2,1-4,6-12H3/b22-21+/t28-,36-,37-,38-,39+,40-,41+,42+,46+,47+/m0/s1. The van der Waals surface area contributed by atoms with Crippen LogP contribution >= 0.6 is 0 Å². The van der Waals surface area contributed by atoms with Gasteiger partial charge in [0.25, 0.3) is 0 Å². The van der Waals surface area contributed by atoms with Gasteiger partial charge in [-0.05, 0) is 49.6 Å². The number of hydrogen-bond donors (Lipinski definition) is 1. The number of benzene rings is 2. The Bertz CT molecular complexity index is 1990. The highest BCUT2D eigenvalue weighted by Gasteiger charge is 2.70. The number of rotatable bonds is 11. The zero-order valence-electron chi connectivity index (χ0n) is 36.9. The molecule has 2 aliphatic rings. The van der Waals surface area contributed by atoms with Crippen molar-refractivity contribution in [2.45, 2.75) is 130 Å². The van der Waals surface area contributed by atoms with Crippen molar-refractivity contribution in [1.82, 2.24) is 0 Å².